The van der Waals surface area contributed by atoms with E-state index in [1.165, 1.54) is 32.4 Å². The average molecular weight is 336 g/mol. The van der Waals surface area contributed by atoms with Crippen molar-refractivity contribution in [2.24, 2.45) is 0 Å². The Labute approximate surface area is 134 Å². The number of rotatable bonds is 5. The van der Waals surface area contributed by atoms with Gasteiger partial charge in [0.25, 0.3) is 15.7 Å². The van der Waals surface area contributed by atoms with E-state index < -0.39 is 20.6 Å². The Kier molecular flexibility index (Phi) is 4.55. The summed E-state index contributed by atoms with van der Waals surface area (Å²) in [6.45, 7) is 1.81. The molecular formula is C15H16N2O5S. The lowest BCUT2D eigenvalue weighted by Gasteiger charge is -2.22. The molecule has 2 rings (SSSR count). The zero-order valence-electron chi connectivity index (χ0n) is 12.9. The van der Waals surface area contributed by atoms with Crippen LogP contribution in [0.25, 0.3) is 0 Å². The molecule has 0 amide bonds. The maximum absolute atomic E-state index is 12.8. The maximum atomic E-state index is 12.8. The first-order chi connectivity index (χ1) is 10.8. The zero-order valence-corrected chi connectivity index (χ0v) is 13.7. The van der Waals surface area contributed by atoms with Crippen LogP contribution in [0.4, 0.5) is 11.4 Å². The van der Waals surface area contributed by atoms with Crippen molar-refractivity contribution in [3.63, 3.8) is 0 Å². The van der Waals surface area contributed by atoms with Gasteiger partial charge < -0.3 is 4.74 Å². The van der Waals surface area contributed by atoms with Crippen LogP contribution >= 0.6 is 0 Å². The van der Waals surface area contributed by atoms with Crippen molar-refractivity contribution in [1.29, 1.82) is 0 Å². The van der Waals surface area contributed by atoms with Gasteiger partial charge in [0.05, 0.1) is 17.7 Å². The molecule has 0 radical (unpaired) electrons. The number of nitro groups is 1. The number of para-hydroxylation sites is 1. The van der Waals surface area contributed by atoms with E-state index in [-0.39, 0.29) is 4.90 Å². The number of nitro benzene ring substituents is 1. The number of hydrogen-bond donors (Lipinski definition) is 0. The second-order valence-electron chi connectivity index (χ2n) is 4.87. The molecule has 0 fully saturated rings. The minimum atomic E-state index is -4.11. The third kappa shape index (κ3) is 3.11. The number of benzene rings is 2. The molecule has 0 unspecified atom stereocenters. The second-order valence-corrected chi connectivity index (χ2v) is 6.81. The summed E-state index contributed by atoms with van der Waals surface area (Å²) in [5.41, 5.74) is 0.682. The number of methoxy groups -OCH3 is 1. The van der Waals surface area contributed by atoms with Crippen molar-refractivity contribution in [3.05, 3.63) is 58.1 Å². The number of aryl methyl sites for hydroxylation is 1. The Morgan fingerprint density at radius 2 is 1.83 bits per heavy atom. The molecule has 0 spiro atoms. The quantitative estimate of drug-likeness (QED) is 0.618. The molecule has 0 aromatic heterocycles. The molecule has 0 heterocycles. The smallest absolute Gasteiger partial charge is 0.289 e. The molecule has 0 saturated carbocycles. The van der Waals surface area contributed by atoms with Crippen molar-refractivity contribution in [1.82, 2.24) is 0 Å². The normalized spacial score (nSPS) is 11.1. The van der Waals surface area contributed by atoms with E-state index in [0.29, 0.717) is 11.4 Å². The molecule has 23 heavy (non-hydrogen) atoms. The highest BCUT2D eigenvalue weighted by molar-refractivity contribution is 7.93. The first-order valence-electron chi connectivity index (χ1n) is 6.66. The number of sulfonamides is 1. The van der Waals surface area contributed by atoms with Gasteiger partial charge in [-0.3, -0.25) is 14.4 Å². The second kappa shape index (κ2) is 6.25. The molecule has 0 bridgehead atoms. The van der Waals surface area contributed by atoms with Crippen LogP contribution in [0.5, 0.6) is 5.75 Å². The summed E-state index contributed by atoms with van der Waals surface area (Å²) in [7, 11) is -1.34. The molecule has 0 N–H and O–H groups in total. The molecule has 0 aliphatic heterocycles. The van der Waals surface area contributed by atoms with Crippen molar-refractivity contribution in [2.45, 2.75) is 11.8 Å². The van der Waals surface area contributed by atoms with E-state index in [4.69, 9.17) is 4.74 Å². The molecule has 122 valence electrons. The van der Waals surface area contributed by atoms with Gasteiger partial charge in [-0.25, -0.2) is 8.42 Å². The molecular weight excluding hydrogens is 320 g/mol. The van der Waals surface area contributed by atoms with Crippen LogP contribution in [0.1, 0.15) is 5.56 Å². The van der Waals surface area contributed by atoms with Gasteiger partial charge in [0.15, 0.2) is 4.90 Å². The lowest BCUT2D eigenvalue weighted by molar-refractivity contribution is -0.387. The summed E-state index contributed by atoms with van der Waals surface area (Å²) in [6, 6.07) is 10.3. The van der Waals surface area contributed by atoms with Crippen LogP contribution in [-0.2, 0) is 10.0 Å². The van der Waals surface area contributed by atoms with E-state index in [0.717, 1.165) is 15.9 Å². The fourth-order valence-electron chi connectivity index (χ4n) is 2.15. The minimum absolute atomic E-state index is 0.311. The Morgan fingerprint density at radius 1 is 1.17 bits per heavy atom. The lowest BCUT2D eigenvalue weighted by Crippen LogP contribution is -2.27. The molecule has 7 nitrogen and oxygen atoms in total. The van der Waals surface area contributed by atoms with Gasteiger partial charge in [0, 0.05) is 13.1 Å². The fraction of sp³-hybridized carbons (Fsp3) is 0.200. The maximum Gasteiger partial charge on any atom is 0.289 e. The third-order valence-corrected chi connectivity index (χ3v) is 5.19. The number of nitrogens with zero attached hydrogens (tertiary/aromatic N) is 2. The van der Waals surface area contributed by atoms with Gasteiger partial charge in [-0.15, -0.1) is 0 Å². The van der Waals surface area contributed by atoms with Crippen LogP contribution in [-0.4, -0.2) is 27.5 Å². The van der Waals surface area contributed by atoms with Gasteiger partial charge in [-0.1, -0.05) is 18.2 Å². The highest BCUT2D eigenvalue weighted by atomic mass is 32.2. The van der Waals surface area contributed by atoms with Crippen LogP contribution in [0.2, 0.25) is 0 Å². The van der Waals surface area contributed by atoms with E-state index >= 15 is 0 Å². The first-order valence-corrected chi connectivity index (χ1v) is 8.10. The Hall–Kier alpha value is -2.61. The SMILES string of the molecule is COc1ccc(C)cc1N(C)S(=O)(=O)c1ccccc1[N+](=O)[O-]. The molecule has 0 aliphatic rings. The highest BCUT2D eigenvalue weighted by Crippen LogP contribution is 2.34. The summed E-state index contributed by atoms with van der Waals surface area (Å²) in [6.07, 6.45) is 0. The number of anilines is 1. The molecule has 0 atom stereocenters. The fourth-order valence-corrected chi connectivity index (χ4v) is 3.50. The molecule has 8 heteroatoms. The van der Waals surface area contributed by atoms with E-state index in [9.17, 15) is 18.5 Å². The molecule has 0 saturated heterocycles. The first kappa shape index (κ1) is 16.8. The number of ether oxygens (including phenoxy) is 1. The van der Waals surface area contributed by atoms with Gasteiger partial charge in [-0.2, -0.15) is 0 Å². The van der Waals surface area contributed by atoms with Gasteiger partial charge in [0.1, 0.15) is 5.75 Å². The minimum Gasteiger partial charge on any atom is -0.495 e. The molecule has 2 aromatic rings. The average Bonchev–Trinajstić information content (AvgIpc) is 2.54. The zero-order chi connectivity index (χ0) is 17.2. The van der Waals surface area contributed by atoms with Crippen LogP contribution in [0.3, 0.4) is 0 Å². The highest BCUT2D eigenvalue weighted by Gasteiger charge is 2.30. The Balaban J connectivity index is 2.61. The van der Waals surface area contributed by atoms with E-state index in [1.54, 1.807) is 18.2 Å². The van der Waals surface area contributed by atoms with Gasteiger partial charge in [-0.05, 0) is 30.7 Å². The topological polar surface area (TPSA) is 89.8 Å². The summed E-state index contributed by atoms with van der Waals surface area (Å²) in [5, 5.41) is 11.1. The van der Waals surface area contributed by atoms with Crippen molar-refractivity contribution >= 4 is 21.4 Å². The van der Waals surface area contributed by atoms with Gasteiger partial charge >= 0.3 is 0 Å². The van der Waals surface area contributed by atoms with Crippen LogP contribution in [0, 0.1) is 17.0 Å². The summed E-state index contributed by atoms with van der Waals surface area (Å²) in [4.78, 5) is 10.0. The van der Waals surface area contributed by atoms with Crippen molar-refractivity contribution < 1.29 is 18.1 Å². The monoisotopic (exact) mass is 336 g/mol. The summed E-state index contributed by atoms with van der Waals surface area (Å²) >= 11 is 0. The molecule has 2 aromatic carbocycles. The predicted molar refractivity (Wildman–Crippen MR) is 86.4 cm³/mol. The van der Waals surface area contributed by atoms with Crippen LogP contribution < -0.4 is 9.04 Å². The Morgan fingerprint density at radius 3 is 2.43 bits per heavy atom. The standard InChI is InChI=1S/C15H16N2O5S/c1-11-8-9-14(22-3)13(10-11)16(2)23(20,21)15-7-5-4-6-12(15)17(18)19/h4-10H,1-3H3. The molecule has 0 aliphatic carbocycles. The van der Waals surface area contributed by atoms with Gasteiger partial charge in [0.2, 0.25) is 0 Å². The van der Waals surface area contributed by atoms with Crippen molar-refractivity contribution in [2.75, 3.05) is 18.5 Å². The van der Waals surface area contributed by atoms with E-state index in [1.807, 2.05) is 6.92 Å². The van der Waals surface area contributed by atoms with Crippen LogP contribution in [0.15, 0.2) is 47.4 Å². The predicted octanol–water partition coefficient (Wildman–Crippen LogP) is 2.74. The number of hydrogen-bond acceptors (Lipinski definition) is 5. The Bertz CT molecular complexity index is 849. The summed E-state index contributed by atoms with van der Waals surface area (Å²) in [5.74, 6) is 0.361. The summed E-state index contributed by atoms with van der Waals surface area (Å²) < 4.78 is 31.8. The van der Waals surface area contributed by atoms with Crippen molar-refractivity contribution in [3.8, 4) is 5.75 Å². The third-order valence-electron chi connectivity index (χ3n) is 3.37. The largest absolute Gasteiger partial charge is 0.495 e. The van der Waals surface area contributed by atoms with E-state index in [2.05, 4.69) is 0 Å². The lowest BCUT2D eigenvalue weighted by atomic mass is 10.2.